The summed E-state index contributed by atoms with van der Waals surface area (Å²) in [6, 6.07) is 21.5. The summed E-state index contributed by atoms with van der Waals surface area (Å²) in [6.45, 7) is 5.60. The van der Waals surface area contributed by atoms with Gasteiger partial charge in [-0.3, -0.25) is 4.79 Å². The van der Waals surface area contributed by atoms with Gasteiger partial charge in [0.2, 0.25) is 10.0 Å². The summed E-state index contributed by atoms with van der Waals surface area (Å²) in [6.07, 6.45) is 6.80. The molecule has 2 aliphatic heterocycles. The standard InChI is InChI=1S/C39H47ClN2O5S/c1-25-8-6-12-33(37(43)27-9-4-3-5-10-27)32-16-13-30(32)22-42-23-39(19-7-11-28-20-31(40)15-17-34(28)39)24-47-36-18-14-29(21-35(36)42)38(44)41-48(45,46)26(25)2/h3-5,9-10,14-15,17-18,20-21,25-26,30,32-33,37,43H,6-8,11-13,16,19,22-24H2,1-2H3,(H,41,44)/t25-,26+,30-,32+,33-,37-,39-/m0/s1. The Morgan fingerprint density at radius 3 is 2.58 bits per heavy atom. The Morgan fingerprint density at radius 1 is 1.00 bits per heavy atom. The fourth-order valence-corrected chi connectivity index (χ4v) is 10.4. The van der Waals surface area contributed by atoms with Gasteiger partial charge in [0.25, 0.3) is 5.91 Å². The first-order chi connectivity index (χ1) is 23.0. The van der Waals surface area contributed by atoms with Crippen molar-refractivity contribution in [3.8, 4) is 5.75 Å². The number of ether oxygens (including phenoxy) is 1. The molecule has 3 aromatic rings. The fourth-order valence-electron chi connectivity index (χ4n) is 8.92. The van der Waals surface area contributed by atoms with E-state index in [-0.39, 0.29) is 17.3 Å². The number of aliphatic hydroxyl groups is 1. The third-order valence-corrected chi connectivity index (χ3v) is 14.2. The van der Waals surface area contributed by atoms with Gasteiger partial charge in [-0.1, -0.05) is 61.3 Å². The predicted molar refractivity (Wildman–Crippen MR) is 190 cm³/mol. The van der Waals surface area contributed by atoms with Crippen molar-refractivity contribution in [3.63, 3.8) is 0 Å². The molecule has 1 fully saturated rings. The topological polar surface area (TPSA) is 95.9 Å². The Labute approximate surface area is 290 Å². The SMILES string of the molecule is C[C@@H]1[C@@H](C)CCC[C@H]([C@@H](O)c2ccccc2)[C@@H]2CC[C@H]2CN2C[C@@]3(CCCc4cc(Cl)ccc43)COc3ccc(cc32)C(=O)NS1(=O)=O. The van der Waals surface area contributed by atoms with Crippen LogP contribution >= 0.6 is 11.6 Å². The lowest BCUT2D eigenvalue weighted by Crippen LogP contribution is -2.49. The number of aryl methyl sites for hydroxylation is 1. The normalized spacial score (nSPS) is 30.9. The monoisotopic (exact) mass is 690 g/mol. The van der Waals surface area contributed by atoms with Crippen LogP contribution in [-0.4, -0.2) is 44.4 Å². The van der Waals surface area contributed by atoms with E-state index in [1.165, 1.54) is 11.1 Å². The van der Waals surface area contributed by atoms with Crippen molar-refractivity contribution in [1.82, 2.24) is 4.72 Å². The van der Waals surface area contributed by atoms with Crippen LogP contribution in [-0.2, 0) is 21.9 Å². The summed E-state index contributed by atoms with van der Waals surface area (Å²) in [5.41, 5.74) is 4.32. The van der Waals surface area contributed by atoms with Gasteiger partial charge in [0.15, 0.2) is 0 Å². The molecule has 7 nitrogen and oxygen atoms in total. The summed E-state index contributed by atoms with van der Waals surface area (Å²) in [7, 11) is -3.92. The van der Waals surface area contributed by atoms with E-state index in [9.17, 15) is 18.3 Å². The highest BCUT2D eigenvalue weighted by Gasteiger charge is 2.45. The van der Waals surface area contributed by atoms with E-state index >= 15 is 0 Å². The predicted octanol–water partition coefficient (Wildman–Crippen LogP) is 7.46. The van der Waals surface area contributed by atoms with Crippen LogP contribution in [0.4, 0.5) is 5.69 Å². The first-order valence-electron chi connectivity index (χ1n) is 17.6. The molecule has 1 amide bonds. The lowest BCUT2D eigenvalue weighted by molar-refractivity contribution is 0.000599. The molecule has 7 atom stereocenters. The second kappa shape index (κ2) is 13.3. The molecule has 9 heteroatoms. The van der Waals surface area contributed by atoms with Gasteiger partial charge in [-0.2, -0.15) is 0 Å². The molecule has 3 aromatic carbocycles. The Kier molecular flexibility index (Phi) is 9.28. The van der Waals surface area contributed by atoms with Crippen LogP contribution in [0.2, 0.25) is 5.02 Å². The molecule has 2 bridgehead atoms. The number of amides is 1. The van der Waals surface area contributed by atoms with Gasteiger partial charge in [-0.05, 0) is 123 Å². The van der Waals surface area contributed by atoms with E-state index in [0.29, 0.717) is 42.7 Å². The number of benzene rings is 3. The summed E-state index contributed by atoms with van der Waals surface area (Å²) in [5, 5.41) is 11.9. The minimum Gasteiger partial charge on any atom is -0.490 e. The number of rotatable bonds is 2. The average Bonchev–Trinajstić information content (AvgIpc) is 3.21. The van der Waals surface area contributed by atoms with Crippen molar-refractivity contribution in [3.05, 3.63) is 94.0 Å². The first kappa shape index (κ1) is 33.4. The van der Waals surface area contributed by atoms with Gasteiger partial charge in [0.1, 0.15) is 5.75 Å². The molecular formula is C39H47ClN2O5S. The van der Waals surface area contributed by atoms with E-state index in [1.54, 1.807) is 13.0 Å². The van der Waals surface area contributed by atoms with Gasteiger partial charge in [-0.25, -0.2) is 13.1 Å². The zero-order valence-electron chi connectivity index (χ0n) is 27.9. The molecule has 0 aromatic heterocycles. The Bertz CT molecular complexity index is 1770. The van der Waals surface area contributed by atoms with Crippen LogP contribution < -0.4 is 14.4 Å². The van der Waals surface area contributed by atoms with Crippen molar-refractivity contribution in [2.45, 2.75) is 82.0 Å². The van der Waals surface area contributed by atoms with E-state index < -0.39 is 27.3 Å². The van der Waals surface area contributed by atoms with Crippen molar-refractivity contribution in [1.29, 1.82) is 0 Å². The summed E-state index contributed by atoms with van der Waals surface area (Å²) < 4.78 is 35.9. The molecule has 2 N–H and O–H groups in total. The van der Waals surface area contributed by atoms with E-state index in [2.05, 4.69) is 21.8 Å². The lowest BCUT2D eigenvalue weighted by atomic mass is 9.63. The summed E-state index contributed by atoms with van der Waals surface area (Å²) >= 11 is 6.46. The largest absolute Gasteiger partial charge is 0.490 e. The Morgan fingerprint density at radius 2 is 1.81 bits per heavy atom. The van der Waals surface area contributed by atoms with E-state index in [4.69, 9.17) is 16.3 Å². The van der Waals surface area contributed by atoms with E-state index in [1.807, 2.05) is 55.5 Å². The number of sulfonamides is 1. The van der Waals surface area contributed by atoms with Gasteiger partial charge < -0.3 is 14.7 Å². The molecule has 256 valence electrons. The maximum Gasteiger partial charge on any atom is 0.264 e. The van der Waals surface area contributed by atoms with Crippen LogP contribution in [0.5, 0.6) is 5.75 Å². The molecule has 1 saturated carbocycles. The maximum atomic E-state index is 13.5. The number of fused-ring (bicyclic) bond motifs is 4. The minimum absolute atomic E-state index is 0.0541. The van der Waals surface area contributed by atoms with Gasteiger partial charge in [0, 0.05) is 29.1 Å². The smallest absolute Gasteiger partial charge is 0.264 e. The van der Waals surface area contributed by atoms with Crippen LogP contribution in [0.15, 0.2) is 66.7 Å². The Balaban J connectivity index is 1.30. The number of carbonyl (C=O) groups is 1. The Hall–Kier alpha value is -3.07. The molecule has 48 heavy (non-hydrogen) atoms. The maximum absolute atomic E-state index is 13.5. The molecule has 2 aliphatic carbocycles. The fraction of sp³-hybridized carbons (Fsp3) is 0.513. The van der Waals surface area contributed by atoms with Crippen LogP contribution in [0.1, 0.15) is 91.9 Å². The summed E-state index contributed by atoms with van der Waals surface area (Å²) in [4.78, 5) is 15.9. The van der Waals surface area contributed by atoms with Crippen molar-refractivity contribution >= 4 is 33.2 Å². The lowest BCUT2D eigenvalue weighted by Gasteiger charge is -2.48. The minimum atomic E-state index is -3.92. The second-order valence-corrected chi connectivity index (χ2v) is 17.4. The number of hydrogen-bond donors (Lipinski definition) is 2. The van der Waals surface area contributed by atoms with Crippen LogP contribution in [0.25, 0.3) is 0 Å². The third kappa shape index (κ3) is 6.36. The quantitative estimate of drug-likeness (QED) is 0.290. The van der Waals surface area contributed by atoms with Crippen LogP contribution in [0, 0.1) is 23.7 Å². The molecular weight excluding hydrogens is 644 g/mol. The molecule has 7 rings (SSSR count). The number of hydrogen-bond acceptors (Lipinski definition) is 6. The number of nitrogens with one attached hydrogen (secondary N) is 1. The van der Waals surface area contributed by atoms with Gasteiger partial charge in [-0.15, -0.1) is 0 Å². The molecule has 0 unspecified atom stereocenters. The van der Waals surface area contributed by atoms with Crippen molar-refractivity contribution in [2.75, 3.05) is 24.6 Å². The van der Waals surface area contributed by atoms with E-state index in [0.717, 1.165) is 67.8 Å². The first-order valence-corrected chi connectivity index (χ1v) is 19.6. The zero-order valence-corrected chi connectivity index (χ0v) is 29.5. The highest BCUT2D eigenvalue weighted by atomic mass is 35.5. The summed E-state index contributed by atoms with van der Waals surface area (Å²) in [5.74, 6) is 0.651. The molecule has 0 saturated heterocycles. The molecule has 1 spiro atoms. The second-order valence-electron chi connectivity index (χ2n) is 14.9. The van der Waals surface area contributed by atoms with Crippen LogP contribution in [0.3, 0.4) is 0 Å². The number of carbonyl (C=O) groups excluding carboxylic acids is 1. The zero-order chi connectivity index (χ0) is 33.6. The highest BCUT2D eigenvalue weighted by molar-refractivity contribution is 7.90. The average molecular weight is 691 g/mol. The molecule has 2 heterocycles. The molecule has 4 aliphatic rings. The van der Waals surface area contributed by atoms with Gasteiger partial charge >= 0.3 is 0 Å². The molecule has 0 radical (unpaired) electrons. The number of anilines is 1. The van der Waals surface area contributed by atoms with Crippen molar-refractivity contribution < 1.29 is 23.1 Å². The van der Waals surface area contributed by atoms with Crippen molar-refractivity contribution in [2.24, 2.45) is 23.7 Å². The van der Waals surface area contributed by atoms with Gasteiger partial charge in [0.05, 0.1) is 23.6 Å². The highest BCUT2D eigenvalue weighted by Crippen LogP contribution is 2.50. The third-order valence-electron chi connectivity index (χ3n) is 12.0. The number of nitrogens with zero attached hydrogens (tertiary/aromatic N) is 1. The number of halogens is 1. The number of aliphatic hydroxyl groups excluding tert-OH is 1.